The zero-order chi connectivity index (χ0) is 26.0. The molecule has 0 fully saturated rings. The number of carbonyl (C=O) groups is 1. The molecule has 5 aromatic rings. The van der Waals surface area contributed by atoms with E-state index in [1.807, 2.05) is 18.2 Å². The summed E-state index contributed by atoms with van der Waals surface area (Å²) in [6, 6.07) is 19.0. The van der Waals surface area contributed by atoms with Crippen molar-refractivity contribution < 1.29 is 18.7 Å². The number of hydrogen-bond donors (Lipinski definition) is 0. The van der Waals surface area contributed by atoms with Crippen LogP contribution in [0.2, 0.25) is 0 Å². The number of anilines is 1. The highest BCUT2D eigenvalue weighted by atomic mass is 79.9. The molecule has 2 aliphatic heterocycles. The number of thiazole rings is 1. The fourth-order valence-electron chi connectivity index (χ4n) is 4.66. The van der Waals surface area contributed by atoms with Crippen molar-refractivity contribution in [2.75, 3.05) is 11.5 Å². The van der Waals surface area contributed by atoms with Gasteiger partial charge in [0.2, 0.25) is 4.96 Å². The van der Waals surface area contributed by atoms with Crippen molar-refractivity contribution in [3.8, 4) is 11.5 Å². The maximum atomic E-state index is 14.4. The van der Waals surface area contributed by atoms with E-state index in [2.05, 4.69) is 26.0 Å². The van der Waals surface area contributed by atoms with E-state index < -0.39 is 17.5 Å². The Morgan fingerprint density at radius 3 is 2.66 bits per heavy atom. The molecule has 0 saturated heterocycles. The third-order valence-corrected chi connectivity index (χ3v) is 7.98. The van der Waals surface area contributed by atoms with Crippen LogP contribution in [0.15, 0.2) is 76.0 Å². The summed E-state index contributed by atoms with van der Waals surface area (Å²) in [6.07, 6.45) is -0.575. The van der Waals surface area contributed by atoms with Crippen LogP contribution in [-0.4, -0.2) is 27.1 Å². The lowest BCUT2D eigenvalue weighted by molar-refractivity contribution is -0.113. The summed E-state index contributed by atoms with van der Waals surface area (Å²) in [7, 11) is 0. The van der Waals surface area contributed by atoms with Gasteiger partial charge in [-0.25, -0.2) is 4.39 Å². The smallest absolute Gasteiger partial charge is 0.291 e. The Labute approximate surface area is 226 Å². The molecular weight excluding hydrogens is 575 g/mol. The molecule has 0 spiro atoms. The zero-order valence-corrected chi connectivity index (χ0v) is 21.8. The Hall–Kier alpha value is -4.09. The van der Waals surface area contributed by atoms with Crippen LogP contribution in [0.5, 0.6) is 11.5 Å². The minimum Gasteiger partial charge on any atom is -0.485 e. The highest BCUT2D eigenvalue weighted by molar-refractivity contribution is 9.10. The second-order valence-electron chi connectivity index (χ2n) is 8.78. The highest BCUT2D eigenvalue weighted by Gasteiger charge is 2.35. The van der Waals surface area contributed by atoms with Crippen LogP contribution >= 0.6 is 27.3 Å². The van der Waals surface area contributed by atoms with Crippen molar-refractivity contribution in [2.24, 2.45) is 0 Å². The number of fused-ring (bicyclic) bond motifs is 3. The van der Waals surface area contributed by atoms with Crippen molar-refractivity contribution in [3.05, 3.63) is 109 Å². The summed E-state index contributed by atoms with van der Waals surface area (Å²) in [6.45, 7) is 0.237. The number of benzene rings is 3. The predicted molar refractivity (Wildman–Crippen MR) is 142 cm³/mol. The van der Waals surface area contributed by atoms with Gasteiger partial charge in [-0.1, -0.05) is 57.6 Å². The maximum Gasteiger partial charge on any atom is 0.291 e. The molecule has 0 N–H and O–H groups in total. The Bertz CT molecular complexity index is 1890. The van der Waals surface area contributed by atoms with Gasteiger partial charge >= 0.3 is 0 Å². The average molecular weight is 591 g/mol. The largest absolute Gasteiger partial charge is 0.485 e. The van der Waals surface area contributed by atoms with Crippen molar-refractivity contribution in [3.63, 3.8) is 0 Å². The minimum absolute atomic E-state index is 0.0310. The first-order chi connectivity index (χ1) is 18.5. The molecule has 2 aliphatic rings. The number of ether oxygens (including phenoxy) is 2. The van der Waals surface area contributed by atoms with E-state index in [4.69, 9.17) is 9.47 Å². The third kappa shape index (κ3) is 3.61. The standard InChI is InChI=1S/C27H16BrFN4O4S/c28-15-9-10-18-16(11-15)22(25(34)32(18)12-14-5-1-2-6-17(14)29)23-26(35)33-27(38-23)30-24(31-33)21-13-36-19-7-3-4-8-20(19)37-21/h1-11,21H,12-13H2/b23-22-. The van der Waals surface area contributed by atoms with E-state index in [-0.39, 0.29) is 29.2 Å². The molecule has 11 heteroatoms. The number of rotatable bonds is 3. The molecule has 2 aromatic heterocycles. The van der Waals surface area contributed by atoms with E-state index in [1.54, 1.807) is 42.5 Å². The number of halogens is 2. The highest BCUT2D eigenvalue weighted by Crippen LogP contribution is 2.39. The fourth-order valence-corrected chi connectivity index (χ4v) is 6.03. The normalized spacial score (nSPS) is 17.8. The number of aromatic nitrogens is 3. The minimum atomic E-state index is -0.575. The lowest BCUT2D eigenvalue weighted by Crippen LogP contribution is -2.32. The molecule has 8 nitrogen and oxygen atoms in total. The van der Waals surface area contributed by atoms with Crippen LogP contribution in [0.25, 0.3) is 10.5 Å². The molecule has 0 saturated carbocycles. The van der Waals surface area contributed by atoms with Crippen LogP contribution < -0.4 is 24.5 Å². The van der Waals surface area contributed by atoms with Crippen LogP contribution in [0, 0.1) is 5.82 Å². The van der Waals surface area contributed by atoms with Crippen LogP contribution in [0.1, 0.15) is 23.1 Å². The monoisotopic (exact) mass is 590 g/mol. The van der Waals surface area contributed by atoms with Gasteiger partial charge in [0.25, 0.3) is 11.5 Å². The zero-order valence-electron chi connectivity index (χ0n) is 19.4. The van der Waals surface area contributed by atoms with Crippen LogP contribution in [0.4, 0.5) is 10.1 Å². The lowest BCUT2D eigenvalue weighted by atomic mass is 10.1. The van der Waals surface area contributed by atoms with Gasteiger partial charge < -0.3 is 14.4 Å². The van der Waals surface area contributed by atoms with Crippen molar-refractivity contribution in [1.82, 2.24) is 14.6 Å². The molecule has 7 rings (SSSR count). The first-order valence-electron chi connectivity index (χ1n) is 11.7. The molecule has 1 amide bonds. The van der Waals surface area contributed by atoms with E-state index in [0.29, 0.717) is 39.1 Å². The van der Waals surface area contributed by atoms with Gasteiger partial charge in [-0.15, -0.1) is 5.10 Å². The average Bonchev–Trinajstić information content (AvgIpc) is 3.55. The molecule has 1 atom stereocenters. The second-order valence-corrected chi connectivity index (χ2v) is 10.7. The summed E-state index contributed by atoms with van der Waals surface area (Å²) in [4.78, 5) is 33.6. The fraction of sp³-hybridized carbons (Fsp3) is 0.111. The first-order valence-corrected chi connectivity index (χ1v) is 13.3. The molecule has 0 aliphatic carbocycles. The molecular formula is C27H16BrFN4O4S. The molecule has 3 aromatic carbocycles. The van der Waals surface area contributed by atoms with Gasteiger partial charge in [-0.05, 0) is 36.4 Å². The van der Waals surface area contributed by atoms with Crippen LogP contribution in [-0.2, 0) is 11.3 Å². The third-order valence-electron chi connectivity index (χ3n) is 6.46. The molecule has 38 heavy (non-hydrogen) atoms. The van der Waals surface area contributed by atoms with Gasteiger partial charge in [0.15, 0.2) is 23.4 Å². The molecule has 4 heterocycles. The van der Waals surface area contributed by atoms with Crippen LogP contribution in [0.3, 0.4) is 0 Å². The summed E-state index contributed by atoms with van der Waals surface area (Å²) in [5.74, 6) is 0.747. The number of para-hydroxylation sites is 2. The van der Waals surface area contributed by atoms with E-state index in [0.717, 1.165) is 15.8 Å². The summed E-state index contributed by atoms with van der Waals surface area (Å²) >= 11 is 4.54. The van der Waals surface area contributed by atoms with Crippen molar-refractivity contribution in [1.29, 1.82) is 0 Å². The Morgan fingerprint density at radius 2 is 1.84 bits per heavy atom. The SMILES string of the molecule is O=C1/C(=c2\sc3nc(C4COc5ccccc5O4)nn3c2=O)c2cc(Br)ccc2N1Cc1ccccc1F. The topological polar surface area (TPSA) is 86.0 Å². The molecule has 1 unspecified atom stereocenters. The number of amides is 1. The maximum absolute atomic E-state index is 14.4. The van der Waals surface area contributed by atoms with Gasteiger partial charge in [0.05, 0.1) is 17.8 Å². The summed E-state index contributed by atoms with van der Waals surface area (Å²) in [5, 5.41) is 4.40. The van der Waals surface area contributed by atoms with Crippen molar-refractivity contribution >= 4 is 49.4 Å². The Kier molecular flexibility index (Phi) is 5.31. The predicted octanol–water partition coefficient (Wildman–Crippen LogP) is 4.03. The molecule has 0 bridgehead atoms. The second kappa shape index (κ2) is 8.74. The number of nitrogens with zero attached hydrogens (tertiary/aromatic N) is 4. The first kappa shape index (κ1) is 23.1. The number of carbonyl (C=O) groups excluding carboxylic acids is 1. The van der Waals surface area contributed by atoms with E-state index in [1.165, 1.54) is 15.5 Å². The lowest BCUT2D eigenvalue weighted by Gasteiger charge is -2.24. The molecule has 0 radical (unpaired) electrons. The Morgan fingerprint density at radius 1 is 1.05 bits per heavy atom. The summed E-state index contributed by atoms with van der Waals surface area (Å²) < 4.78 is 28.3. The van der Waals surface area contributed by atoms with Gasteiger partial charge in [-0.3, -0.25) is 9.59 Å². The molecule has 188 valence electrons. The van der Waals surface area contributed by atoms with Gasteiger partial charge in [0, 0.05) is 15.6 Å². The van der Waals surface area contributed by atoms with Crippen molar-refractivity contribution in [2.45, 2.75) is 12.6 Å². The van der Waals surface area contributed by atoms with E-state index in [9.17, 15) is 14.0 Å². The quantitative estimate of drug-likeness (QED) is 0.315. The number of hydrogen-bond acceptors (Lipinski definition) is 7. The summed E-state index contributed by atoms with van der Waals surface area (Å²) in [5.41, 5.74) is 1.35. The van der Waals surface area contributed by atoms with Gasteiger partial charge in [-0.2, -0.15) is 9.50 Å². The van der Waals surface area contributed by atoms with E-state index >= 15 is 0 Å². The van der Waals surface area contributed by atoms with Gasteiger partial charge in [0.1, 0.15) is 17.0 Å². The Balaban J connectivity index is 1.32.